The Labute approximate surface area is 124 Å². The third-order valence-electron chi connectivity index (χ3n) is 3.68. The molecule has 0 aliphatic carbocycles. The number of phenolic OH excluding ortho intramolecular Hbond substituents is 1. The number of phenols is 1. The number of rotatable bonds is 3. The predicted molar refractivity (Wildman–Crippen MR) is 84.5 cm³/mol. The lowest BCUT2D eigenvalue weighted by Gasteiger charge is -2.10. The lowest BCUT2D eigenvalue weighted by atomic mass is 9.93. The molecule has 108 valence electrons. The molecule has 0 saturated heterocycles. The Morgan fingerprint density at radius 3 is 2.90 bits per heavy atom. The summed E-state index contributed by atoms with van der Waals surface area (Å²) in [4.78, 5) is 0. The molecule has 0 bridgehead atoms. The van der Waals surface area contributed by atoms with E-state index in [1.165, 1.54) is 5.57 Å². The quantitative estimate of drug-likeness (QED) is 0.848. The van der Waals surface area contributed by atoms with E-state index in [0.29, 0.717) is 6.61 Å². The van der Waals surface area contributed by atoms with Crippen molar-refractivity contribution < 1.29 is 9.84 Å². The second-order valence-corrected chi connectivity index (χ2v) is 5.14. The minimum Gasteiger partial charge on any atom is -0.508 e. The van der Waals surface area contributed by atoms with Crippen molar-refractivity contribution in [3.05, 3.63) is 65.2 Å². The fourth-order valence-electron chi connectivity index (χ4n) is 2.66. The Balaban J connectivity index is 2.13. The first-order chi connectivity index (χ1) is 10.3. The van der Waals surface area contributed by atoms with Crippen LogP contribution in [0.25, 0.3) is 5.57 Å². The Hall–Kier alpha value is -2.26. The van der Waals surface area contributed by atoms with Crippen molar-refractivity contribution in [3.8, 4) is 11.5 Å². The number of hydrogen-bond donors (Lipinski definition) is 2. The Morgan fingerprint density at radius 2 is 2.05 bits per heavy atom. The summed E-state index contributed by atoms with van der Waals surface area (Å²) in [6.45, 7) is 1.41. The van der Waals surface area contributed by atoms with Crippen molar-refractivity contribution in [2.45, 2.75) is 13.0 Å². The van der Waals surface area contributed by atoms with E-state index in [0.717, 1.165) is 35.4 Å². The van der Waals surface area contributed by atoms with E-state index in [9.17, 15) is 5.11 Å². The first-order valence-electron chi connectivity index (χ1n) is 7.19. The molecular formula is C18H19NO2. The summed E-state index contributed by atoms with van der Waals surface area (Å²) in [5.74, 6) is 1.17. The van der Waals surface area contributed by atoms with Gasteiger partial charge in [-0.1, -0.05) is 30.3 Å². The zero-order valence-electron chi connectivity index (χ0n) is 12.1. The van der Waals surface area contributed by atoms with Gasteiger partial charge in [0.1, 0.15) is 18.1 Å². The maximum absolute atomic E-state index is 9.71. The van der Waals surface area contributed by atoms with Gasteiger partial charge in [0.15, 0.2) is 0 Å². The Morgan fingerprint density at radius 1 is 1.19 bits per heavy atom. The van der Waals surface area contributed by atoms with Crippen LogP contribution in [0, 0.1) is 0 Å². The highest BCUT2D eigenvalue weighted by Gasteiger charge is 2.18. The molecule has 0 amide bonds. The molecule has 3 heteroatoms. The average Bonchev–Trinajstić information content (AvgIpc) is 2.65. The molecular weight excluding hydrogens is 262 g/mol. The largest absolute Gasteiger partial charge is 0.508 e. The lowest BCUT2D eigenvalue weighted by molar-refractivity contribution is 0.306. The highest BCUT2D eigenvalue weighted by atomic mass is 16.5. The summed E-state index contributed by atoms with van der Waals surface area (Å²) in [7, 11) is 1.95. The maximum Gasteiger partial charge on any atom is 0.127 e. The van der Waals surface area contributed by atoms with Gasteiger partial charge in [-0.25, -0.2) is 0 Å². The van der Waals surface area contributed by atoms with Gasteiger partial charge in [-0.2, -0.15) is 0 Å². The summed E-state index contributed by atoms with van der Waals surface area (Å²) in [6.07, 6.45) is 3.18. The van der Waals surface area contributed by atoms with Gasteiger partial charge in [0.05, 0.1) is 0 Å². The summed E-state index contributed by atoms with van der Waals surface area (Å²) >= 11 is 0. The van der Waals surface area contributed by atoms with Crippen LogP contribution < -0.4 is 10.1 Å². The molecule has 3 nitrogen and oxygen atoms in total. The molecule has 0 radical (unpaired) electrons. The van der Waals surface area contributed by atoms with Gasteiger partial charge in [0.2, 0.25) is 0 Å². The molecule has 1 heterocycles. The van der Waals surface area contributed by atoms with Gasteiger partial charge < -0.3 is 15.2 Å². The summed E-state index contributed by atoms with van der Waals surface area (Å²) in [5, 5.41) is 12.9. The number of para-hydroxylation sites is 1. The lowest BCUT2D eigenvalue weighted by Crippen LogP contribution is -2.06. The van der Waals surface area contributed by atoms with Crippen LogP contribution in [0.5, 0.6) is 11.5 Å². The average molecular weight is 281 g/mol. The highest BCUT2D eigenvalue weighted by Crippen LogP contribution is 2.37. The zero-order chi connectivity index (χ0) is 14.7. The van der Waals surface area contributed by atoms with Crippen LogP contribution in [-0.2, 0) is 6.61 Å². The van der Waals surface area contributed by atoms with Crippen LogP contribution in [0.2, 0.25) is 0 Å². The van der Waals surface area contributed by atoms with E-state index in [4.69, 9.17) is 4.74 Å². The fourth-order valence-corrected chi connectivity index (χ4v) is 2.66. The molecule has 0 saturated carbocycles. The second kappa shape index (κ2) is 6.02. The fraction of sp³-hybridized carbons (Fsp3) is 0.222. The van der Waals surface area contributed by atoms with E-state index in [-0.39, 0.29) is 5.75 Å². The standard InChI is InChI=1S/C18H19NO2/c1-19-10-4-6-16-15-9-8-14(20)11-13(15)12-21-18-7-3-2-5-17(16)18/h2-3,5-9,11,19-20H,4,10,12H2,1H3/b16-6+. The summed E-state index contributed by atoms with van der Waals surface area (Å²) in [6, 6.07) is 13.6. The molecule has 0 atom stereocenters. The second-order valence-electron chi connectivity index (χ2n) is 5.14. The molecule has 0 unspecified atom stereocenters. The molecule has 0 spiro atoms. The highest BCUT2D eigenvalue weighted by molar-refractivity contribution is 5.85. The number of aromatic hydroxyl groups is 1. The predicted octanol–water partition coefficient (Wildman–Crippen LogP) is 3.33. The van der Waals surface area contributed by atoms with Gasteiger partial charge in [0.25, 0.3) is 0 Å². The van der Waals surface area contributed by atoms with Crippen LogP contribution in [0.15, 0.2) is 48.5 Å². The first-order valence-corrected chi connectivity index (χ1v) is 7.19. The van der Waals surface area contributed by atoms with Gasteiger partial charge in [0, 0.05) is 11.1 Å². The Kier molecular flexibility index (Phi) is 3.93. The summed E-state index contributed by atoms with van der Waals surface area (Å²) in [5.41, 5.74) is 4.43. The molecule has 2 aromatic rings. The molecule has 1 aliphatic heterocycles. The molecule has 0 fully saturated rings. The molecule has 0 aromatic heterocycles. The number of benzene rings is 2. The molecule has 2 N–H and O–H groups in total. The van der Waals surface area contributed by atoms with E-state index in [2.05, 4.69) is 17.5 Å². The number of fused-ring (bicyclic) bond motifs is 2. The monoisotopic (exact) mass is 281 g/mol. The third kappa shape index (κ3) is 2.78. The minimum absolute atomic E-state index is 0.276. The smallest absolute Gasteiger partial charge is 0.127 e. The summed E-state index contributed by atoms with van der Waals surface area (Å²) < 4.78 is 5.90. The van der Waals surface area contributed by atoms with Crippen molar-refractivity contribution in [3.63, 3.8) is 0 Å². The molecule has 2 aromatic carbocycles. The van der Waals surface area contributed by atoms with Gasteiger partial charge >= 0.3 is 0 Å². The normalized spacial score (nSPS) is 15.0. The third-order valence-corrected chi connectivity index (χ3v) is 3.68. The van der Waals surface area contributed by atoms with Gasteiger partial charge in [-0.15, -0.1) is 0 Å². The maximum atomic E-state index is 9.71. The molecule has 3 rings (SSSR count). The SMILES string of the molecule is CNCC/C=C1\c2ccc(O)cc2COc2ccccc21. The van der Waals surface area contributed by atoms with Crippen LogP contribution in [0.1, 0.15) is 23.1 Å². The van der Waals surface area contributed by atoms with Crippen molar-refractivity contribution in [2.75, 3.05) is 13.6 Å². The van der Waals surface area contributed by atoms with Gasteiger partial charge in [-0.05, 0) is 49.3 Å². The number of ether oxygens (including phenoxy) is 1. The van der Waals surface area contributed by atoms with Crippen molar-refractivity contribution >= 4 is 5.57 Å². The van der Waals surface area contributed by atoms with E-state index >= 15 is 0 Å². The van der Waals surface area contributed by atoms with E-state index in [1.54, 1.807) is 12.1 Å². The zero-order valence-corrected chi connectivity index (χ0v) is 12.1. The van der Waals surface area contributed by atoms with Crippen LogP contribution in [0.4, 0.5) is 0 Å². The molecule has 21 heavy (non-hydrogen) atoms. The number of hydrogen-bond acceptors (Lipinski definition) is 3. The van der Waals surface area contributed by atoms with Crippen molar-refractivity contribution in [2.24, 2.45) is 0 Å². The van der Waals surface area contributed by atoms with Crippen molar-refractivity contribution in [1.82, 2.24) is 5.32 Å². The molecule has 1 aliphatic rings. The van der Waals surface area contributed by atoms with Crippen LogP contribution in [0.3, 0.4) is 0 Å². The van der Waals surface area contributed by atoms with Crippen LogP contribution in [-0.4, -0.2) is 18.7 Å². The number of nitrogens with one attached hydrogen (secondary N) is 1. The van der Waals surface area contributed by atoms with Crippen LogP contribution >= 0.6 is 0 Å². The van der Waals surface area contributed by atoms with Crippen molar-refractivity contribution in [1.29, 1.82) is 0 Å². The van der Waals surface area contributed by atoms with E-state index in [1.807, 2.05) is 31.3 Å². The first kappa shape index (κ1) is 13.7. The minimum atomic E-state index is 0.276. The Bertz CT molecular complexity index is 677. The van der Waals surface area contributed by atoms with Gasteiger partial charge in [-0.3, -0.25) is 0 Å². The van der Waals surface area contributed by atoms with E-state index < -0.39 is 0 Å². The topological polar surface area (TPSA) is 41.5 Å².